The van der Waals surface area contributed by atoms with Gasteiger partial charge >= 0.3 is 0 Å². The number of H-pyrrole nitrogens is 1. The lowest BCUT2D eigenvalue weighted by Crippen LogP contribution is -2.49. The molecule has 0 radical (unpaired) electrons. The van der Waals surface area contributed by atoms with Gasteiger partial charge in [-0.05, 0) is 37.5 Å². The summed E-state index contributed by atoms with van der Waals surface area (Å²) in [7, 11) is 1.53. The summed E-state index contributed by atoms with van der Waals surface area (Å²) < 4.78 is 5.27. The Bertz CT molecular complexity index is 985. The zero-order chi connectivity index (χ0) is 22.4. The van der Waals surface area contributed by atoms with Crippen LogP contribution in [0.2, 0.25) is 0 Å². The summed E-state index contributed by atoms with van der Waals surface area (Å²) in [5.41, 5.74) is 0.975. The lowest BCUT2D eigenvalue weighted by atomic mass is 9.90. The molecule has 1 fully saturated rings. The molecule has 0 bridgehead atoms. The van der Waals surface area contributed by atoms with Crippen molar-refractivity contribution in [2.24, 2.45) is 5.92 Å². The van der Waals surface area contributed by atoms with Gasteiger partial charge in [0.05, 0.1) is 19.7 Å². The summed E-state index contributed by atoms with van der Waals surface area (Å²) in [6.07, 6.45) is 1.50. The predicted octanol–water partition coefficient (Wildman–Crippen LogP) is -0.131. The minimum Gasteiger partial charge on any atom is -0.496 e. The van der Waals surface area contributed by atoms with Gasteiger partial charge in [0, 0.05) is 23.4 Å². The summed E-state index contributed by atoms with van der Waals surface area (Å²) in [6, 6.07) is 5.99. The zero-order valence-electron chi connectivity index (χ0n) is 17.2. The van der Waals surface area contributed by atoms with Gasteiger partial charge in [0.15, 0.2) is 5.78 Å². The molecule has 0 saturated carbocycles. The first-order chi connectivity index (χ1) is 14.9. The molecular formula is C21H26N4O6. The first-order valence-electron chi connectivity index (χ1n) is 10.1. The molecule has 2 aromatic rings. The van der Waals surface area contributed by atoms with Gasteiger partial charge in [-0.25, -0.2) is 0 Å². The first kappa shape index (κ1) is 22.3. The third kappa shape index (κ3) is 5.40. The van der Waals surface area contributed by atoms with Crippen LogP contribution in [0, 0.1) is 5.92 Å². The van der Waals surface area contributed by atoms with Gasteiger partial charge in [0.25, 0.3) is 5.91 Å². The van der Waals surface area contributed by atoms with Crippen molar-refractivity contribution >= 4 is 34.4 Å². The number of methoxy groups -OCH3 is 1. The number of fused-ring (bicyclic) bond motifs is 1. The van der Waals surface area contributed by atoms with E-state index in [2.05, 4.69) is 20.9 Å². The maximum Gasteiger partial charge on any atom is 0.268 e. The van der Waals surface area contributed by atoms with E-state index in [4.69, 9.17) is 4.74 Å². The molecule has 166 valence electrons. The van der Waals surface area contributed by atoms with Gasteiger partial charge in [0.2, 0.25) is 11.8 Å². The number of aliphatic hydroxyl groups excluding tert-OH is 1. The number of carbonyl (C=O) groups excluding carboxylic acids is 4. The molecule has 3 amide bonds. The van der Waals surface area contributed by atoms with Crippen molar-refractivity contribution in [2.45, 2.75) is 25.3 Å². The van der Waals surface area contributed by atoms with Gasteiger partial charge < -0.3 is 30.8 Å². The second-order valence-electron chi connectivity index (χ2n) is 7.40. The SMILES string of the molecule is COc1cccc2[nH]c(C(=O)NCC(=O)N[C@@H](CC3CCCNC3=O)C(=O)CO)cc12. The van der Waals surface area contributed by atoms with Gasteiger partial charge in [-0.1, -0.05) is 6.07 Å². The Kier molecular flexibility index (Phi) is 7.24. The van der Waals surface area contributed by atoms with E-state index in [1.54, 1.807) is 24.3 Å². The number of amides is 3. The number of rotatable bonds is 9. The normalized spacial score (nSPS) is 17.0. The van der Waals surface area contributed by atoms with Crippen LogP contribution < -0.4 is 20.7 Å². The first-order valence-corrected chi connectivity index (χ1v) is 10.1. The number of aromatic nitrogens is 1. The summed E-state index contributed by atoms with van der Waals surface area (Å²) in [6.45, 7) is -0.522. The molecule has 1 aromatic heterocycles. The van der Waals surface area contributed by atoms with E-state index in [-0.39, 0.29) is 24.6 Å². The quantitative estimate of drug-likeness (QED) is 0.374. The average Bonchev–Trinajstić information content (AvgIpc) is 3.22. The van der Waals surface area contributed by atoms with Crippen molar-refractivity contribution < 1.29 is 29.0 Å². The molecule has 1 aromatic carbocycles. The van der Waals surface area contributed by atoms with Crippen molar-refractivity contribution in [3.8, 4) is 5.75 Å². The van der Waals surface area contributed by atoms with Crippen molar-refractivity contribution in [3.63, 3.8) is 0 Å². The third-order valence-electron chi connectivity index (χ3n) is 5.30. The molecule has 1 unspecified atom stereocenters. The fourth-order valence-electron chi connectivity index (χ4n) is 3.65. The molecule has 0 aliphatic carbocycles. The molecule has 5 N–H and O–H groups in total. The van der Waals surface area contributed by atoms with Gasteiger partial charge in [-0.3, -0.25) is 19.2 Å². The van der Waals surface area contributed by atoms with E-state index in [9.17, 15) is 24.3 Å². The van der Waals surface area contributed by atoms with Crippen LogP contribution in [0.25, 0.3) is 10.9 Å². The lowest BCUT2D eigenvalue weighted by Gasteiger charge is -2.26. The summed E-state index contributed by atoms with van der Waals surface area (Å²) in [5.74, 6) is -1.64. The van der Waals surface area contributed by atoms with E-state index >= 15 is 0 Å². The minimum absolute atomic E-state index is 0.104. The fraction of sp³-hybridized carbons (Fsp3) is 0.429. The standard InChI is InChI=1S/C21H26N4O6/c1-31-18-6-2-5-14-13(18)9-16(24-14)21(30)23-10-19(28)25-15(17(27)11-26)8-12-4-3-7-22-20(12)29/h2,5-6,9,12,15,24,26H,3-4,7-8,10-11H2,1H3,(H,22,29)(H,23,30)(H,25,28)/t12?,15-/m0/s1. The molecule has 1 saturated heterocycles. The molecule has 1 aliphatic heterocycles. The number of Topliss-reactive ketones (excluding diaryl/α,β-unsaturated/α-hetero) is 1. The van der Waals surface area contributed by atoms with Gasteiger partial charge in [0.1, 0.15) is 18.1 Å². The molecule has 10 nitrogen and oxygen atoms in total. The van der Waals surface area contributed by atoms with Crippen LogP contribution in [-0.2, 0) is 14.4 Å². The molecular weight excluding hydrogens is 404 g/mol. The second kappa shape index (κ2) is 10.1. The van der Waals surface area contributed by atoms with E-state index in [1.807, 2.05) is 0 Å². The fourth-order valence-corrected chi connectivity index (χ4v) is 3.65. The molecule has 1 aliphatic rings. The Morgan fingerprint density at radius 3 is 2.84 bits per heavy atom. The molecule has 3 rings (SSSR count). The number of aromatic amines is 1. The van der Waals surface area contributed by atoms with E-state index in [1.165, 1.54) is 7.11 Å². The third-order valence-corrected chi connectivity index (χ3v) is 5.30. The van der Waals surface area contributed by atoms with Crippen LogP contribution in [0.4, 0.5) is 0 Å². The predicted molar refractivity (Wildman–Crippen MR) is 112 cm³/mol. The molecule has 10 heteroatoms. The highest BCUT2D eigenvalue weighted by Crippen LogP contribution is 2.25. The Balaban J connectivity index is 1.58. The Morgan fingerprint density at radius 1 is 1.32 bits per heavy atom. The largest absolute Gasteiger partial charge is 0.496 e. The highest BCUT2D eigenvalue weighted by atomic mass is 16.5. The maximum absolute atomic E-state index is 12.4. The smallest absolute Gasteiger partial charge is 0.268 e. The van der Waals surface area contributed by atoms with E-state index in [0.717, 1.165) is 11.8 Å². The molecule has 2 atom stereocenters. The highest BCUT2D eigenvalue weighted by molar-refractivity contribution is 6.01. The Hall–Kier alpha value is -3.40. The number of aliphatic hydroxyl groups is 1. The van der Waals surface area contributed by atoms with E-state index in [0.29, 0.717) is 24.2 Å². The van der Waals surface area contributed by atoms with Crippen molar-refractivity contribution in [1.29, 1.82) is 0 Å². The van der Waals surface area contributed by atoms with Crippen molar-refractivity contribution in [3.05, 3.63) is 30.0 Å². The average molecular weight is 430 g/mol. The topological polar surface area (TPSA) is 150 Å². The number of benzene rings is 1. The lowest BCUT2D eigenvalue weighted by molar-refractivity contribution is -0.131. The maximum atomic E-state index is 12.4. The van der Waals surface area contributed by atoms with Gasteiger partial charge in [-0.2, -0.15) is 0 Å². The van der Waals surface area contributed by atoms with E-state index < -0.39 is 36.2 Å². The number of ketones is 1. The number of piperidine rings is 1. The number of ether oxygens (including phenoxy) is 1. The molecule has 2 heterocycles. The Morgan fingerprint density at radius 2 is 2.13 bits per heavy atom. The Labute approximate surface area is 178 Å². The van der Waals surface area contributed by atoms with Crippen molar-refractivity contribution in [1.82, 2.24) is 20.9 Å². The zero-order valence-corrected chi connectivity index (χ0v) is 17.2. The summed E-state index contributed by atoms with van der Waals surface area (Å²) in [4.78, 5) is 51.7. The summed E-state index contributed by atoms with van der Waals surface area (Å²) in [5, 5.41) is 17.7. The number of hydrogen-bond acceptors (Lipinski definition) is 6. The minimum atomic E-state index is -0.999. The monoisotopic (exact) mass is 430 g/mol. The highest BCUT2D eigenvalue weighted by Gasteiger charge is 2.29. The number of carbonyl (C=O) groups is 4. The van der Waals surface area contributed by atoms with Crippen LogP contribution in [0.3, 0.4) is 0 Å². The number of hydrogen-bond donors (Lipinski definition) is 5. The second-order valence-corrected chi connectivity index (χ2v) is 7.40. The van der Waals surface area contributed by atoms with Crippen molar-refractivity contribution in [2.75, 3.05) is 26.8 Å². The van der Waals surface area contributed by atoms with Gasteiger partial charge in [-0.15, -0.1) is 0 Å². The number of nitrogens with one attached hydrogen (secondary N) is 4. The summed E-state index contributed by atoms with van der Waals surface area (Å²) >= 11 is 0. The molecule has 31 heavy (non-hydrogen) atoms. The van der Waals surface area contributed by atoms with Crippen LogP contribution in [0.5, 0.6) is 5.75 Å². The van der Waals surface area contributed by atoms with Crippen LogP contribution in [0.1, 0.15) is 29.8 Å². The van der Waals surface area contributed by atoms with Crippen LogP contribution >= 0.6 is 0 Å². The van der Waals surface area contributed by atoms with Crippen LogP contribution in [0.15, 0.2) is 24.3 Å². The van der Waals surface area contributed by atoms with Crippen LogP contribution in [-0.4, -0.2) is 66.4 Å². The molecule has 0 spiro atoms.